The van der Waals surface area contributed by atoms with Gasteiger partial charge in [0.2, 0.25) is 5.95 Å². The predicted octanol–water partition coefficient (Wildman–Crippen LogP) is 2.48. The SMILES string of the molecule is Cc1ccnc(NC(=O)NCCCSc2ccccn2)n1. The lowest BCUT2D eigenvalue weighted by Crippen LogP contribution is -2.30. The van der Waals surface area contributed by atoms with Gasteiger partial charge in [-0.25, -0.2) is 19.7 Å². The molecular weight excluding hydrogens is 286 g/mol. The molecule has 0 aliphatic rings. The number of anilines is 1. The molecule has 2 N–H and O–H groups in total. The average molecular weight is 303 g/mol. The number of nitrogens with zero attached hydrogens (tertiary/aromatic N) is 3. The van der Waals surface area contributed by atoms with E-state index < -0.39 is 0 Å². The molecule has 0 aromatic carbocycles. The maximum absolute atomic E-state index is 11.6. The number of aromatic nitrogens is 3. The molecular formula is C14H17N5OS. The van der Waals surface area contributed by atoms with Crippen LogP contribution in [0.25, 0.3) is 0 Å². The Bertz CT molecular complexity index is 579. The number of carbonyl (C=O) groups excluding carboxylic acids is 1. The Morgan fingerprint density at radius 3 is 2.90 bits per heavy atom. The summed E-state index contributed by atoms with van der Waals surface area (Å²) >= 11 is 1.67. The molecule has 2 rings (SSSR count). The van der Waals surface area contributed by atoms with Crippen molar-refractivity contribution in [1.82, 2.24) is 20.3 Å². The number of rotatable bonds is 6. The predicted molar refractivity (Wildman–Crippen MR) is 83.4 cm³/mol. The third kappa shape index (κ3) is 5.78. The van der Waals surface area contributed by atoms with Crippen LogP contribution in [0.2, 0.25) is 0 Å². The average Bonchev–Trinajstić information content (AvgIpc) is 2.48. The van der Waals surface area contributed by atoms with Gasteiger partial charge in [-0.2, -0.15) is 0 Å². The Kier molecular flexibility index (Phi) is 5.96. The summed E-state index contributed by atoms with van der Waals surface area (Å²) in [6.45, 7) is 2.44. The second-order valence-electron chi connectivity index (χ2n) is 4.27. The van der Waals surface area contributed by atoms with Gasteiger partial charge in [0.25, 0.3) is 0 Å². The quantitative estimate of drug-likeness (QED) is 0.633. The van der Waals surface area contributed by atoms with E-state index in [1.807, 2.05) is 25.1 Å². The number of aryl methyl sites for hydroxylation is 1. The second kappa shape index (κ2) is 8.21. The molecule has 0 radical (unpaired) electrons. The monoisotopic (exact) mass is 303 g/mol. The van der Waals surface area contributed by atoms with Crippen molar-refractivity contribution >= 4 is 23.7 Å². The molecule has 2 heterocycles. The molecule has 110 valence electrons. The third-order valence-electron chi connectivity index (χ3n) is 2.51. The lowest BCUT2D eigenvalue weighted by Gasteiger charge is -2.06. The summed E-state index contributed by atoms with van der Waals surface area (Å²) in [4.78, 5) is 23.9. The molecule has 2 aromatic rings. The smallest absolute Gasteiger partial charge is 0.321 e. The molecule has 0 fully saturated rings. The van der Waals surface area contributed by atoms with Crippen LogP contribution in [-0.2, 0) is 0 Å². The largest absolute Gasteiger partial charge is 0.338 e. The zero-order valence-electron chi connectivity index (χ0n) is 11.7. The van der Waals surface area contributed by atoms with Crippen LogP contribution >= 0.6 is 11.8 Å². The molecule has 0 atom stereocenters. The first kappa shape index (κ1) is 15.2. The number of amides is 2. The van der Waals surface area contributed by atoms with Crippen LogP contribution in [0.4, 0.5) is 10.7 Å². The number of nitrogens with one attached hydrogen (secondary N) is 2. The van der Waals surface area contributed by atoms with Gasteiger partial charge in [0, 0.05) is 30.4 Å². The van der Waals surface area contributed by atoms with Crippen LogP contribution < -0.4 is 10.6 Å². The molecule has 6 nitrogen and oxygen atoms in total. The van der Waals surface area contributed by atoms with Gasteiger partial charge >= 0.3 is 6.03 Å². The van der Waals surface area contributed by atoms with Crippen molar-refractivity contribution in [3.05, 3.63) is 42.4 Å². The van der Waals surface area contributed by atoms with E-state index in [2.05, 4.69) is 25.6 Å². The number of carbonyl (C=O) groups is 1. The molecule has 2 aromatic heterocycles. The molecule has 21 heavy (non-hydrogen) atoms. The molecule has 0 saturated carbocycles. The topological polar surface area (TPSA) is 79.8 Å². The van der Waals surface area contributed by atoms with Crippen molar-refractivity contribution in [3.8, 4) is 0 Å². The zero-order chi connectivity index (χ0) is 14.9. The van der Waals surface area contributed by atoms with Crippen LogP contribution in [0.1, 0.15) is 12.1 Å². The molecule has 0 aliphatic heterocycles. The maximum atomic E-state index is 11.6. The van der Waals surface area contributed by atoms with E-state index in [4.69, 9.17) is 0 Å². The van der Waals surface area contributed by atoms with Gasteiger partial charge in [-0.1, -0.05) is 6.07 Å². The Labute approximate surface area is 127 Å². The summed E-state index contributed by atoms with van der Waals surface area (Å²) in [5.74, 6) is 1.22. The van der Waals surface area contributed by atoms with Gasteiger partial charge in [0.15, 0.2) is 0 Å². The number of hydrogen-bond donors (Lipinski definition) is 2. The van der Waals surface area contributed by atoms with E-state index in [-0.39, 0.29) is 6.03 Å². The molecule has 0 saturated heterocycles. The van der Waals surface area contributed by atoms with Gasteiger partial charge < -0.3 is 5.32 Å². The molecule has 0 bridgehead atoms. The minimum absolute atomic E-state index is 0.288. The molecule has 0 unspecified atom stereocenters. The number of thioether (sulfide) groups is 1. The van der Waals surface area contributed by atoms with Crippen molar-refractivity contribution < 1.29 is 4.79 Å². The van der Waals surface area contributed by atoms with Gasteiger partial charge in [-0.3, -0.25) is 5.32 Å². The van der Waals surface area contributed by atoms with Gasteiger partial charge in [-0.15, -0.1) is 11.8 Å². The Balaban J connectivity index is 1.61. The normalized spacial score (nSPS) is 10.1. The molecule has 7 heteroatoms. The summed E-state index contributed by atoms with van der Waals surface area (Å²) in [6, 6.07) is 7.31. The fraction of sp³-hybridized carbons (Fsp3) is 0.286. The number of hydrogen-bond acceptors (Lipinski definition) is 5. The highest BCUT2D eigenvalue weighted by Gasteiger charge is 2.03. The molecule has 0 spiro atoms. The van der Waals surface area contributed by atoms with Crippen LogP contribution in [0.3, 0.4) is 0 Å². The highest BCUT2D eigenvalue weighted by molar-refractivity contribution is 7.99. The van der Waals surface area contributed by atoms with E-state index in [0.717, 1.165) is 22.9 Å². The van der Waals surface area contributed by atoms with E-state index in [1.54, 1.807) is 30.2 Å². The second-order valence-corrected chi connectivity index (χ2v) is 5.39. The maximum Gasteiger partial charge on any atom is 0.321 e. The van der Waals surface area contributed by atoms with Crippen molar-refractivity contribution in [2.24, 2.45) is 0 Å². The fourth-order valence-electron chi connectivity index (χ4n) is 1.54. The van der Waals surface area contributed by atoms with Crippen molar-refractivity contribution in [3.63, 3.8) is 0 Å². The van der Waals surface area contributed by atoms with E-state index >= 15 is 0 Å². The summed E-state index contributed by atoms with van der Waals surface area (Å²) in [5.41, 5.74) is 0.812. The Morgan fingerprint density at radius 2 is 2.14 bits per heavy atom. The number of urea groups is 1. The summed E-state index contributed by atoms with van der Waals surface area (Å²) in [7, 11) is 0. The summed E-state index contributed by atoms with van der Waals surface area (Å²) in [6.07, 6.45) is 4.25. The first-order chi connectivity index (χ1) is 10.2. The lowest BCUT2D eigenvalue weighted by atomic mass is 10.5. The van der Waals surface area contributed by atoms with E-state index in [1.165, 1.54) is 0 Å². The minimum Gasteiger partial charge on any atom is -0.338 e. The molecule has 0 aliphatic carbocycles. The van der Waals surface area contributed by atoms with E-state index in [0.29, 0.717) is 12.5 Å². The fourth-order valence-corrected chi connectivity index (χ4v) is 2.35. The summed E-state index contributed by atoms with van der Waals surface area (Å²) < 4.78 is 0. The summed E-state index contributed by atoms with van der Waals surface area (Å²) in [5, 5.41) is 6.37. The van der Waals surface area contributed by atoms with Gasteiger partial charge in [0.1, 0.15) is 0 Å². The van der Waals surface area contributed by atoms with Crippen LogP contribution in [0.15, 0.2) is 41.7 Å². The van der Waals surface area contributed by atoms with Crippen LogP contribution in [0.5, 0.6) is 0 Å². The van der Waals surface area contributed by atoms with E-state index in [9.17, 15) is 4.79 Å². The molecule has 2 amide bonds. The van der Waals surface area contributed by atoms with Gasteiger partial charge in [0.05, 0.1) is 5.03 Å². The highest BCUT2D eigenvalue weighted by atomic mass is 32.2. The third-order valence-corrected chi connectivity index (χ3v) is 3.54. The van der Waals surface area contributed by atoms with Crippen molar-refractivity contribution in [2.75, 3.05) is 17.6 Å². The highest BCUT2D eigenvalue weighted by Crippen LogP contribution is 2.14. The lowest BCUT2D eigenvalue weighted by molar-refractivity contribution is 0.252. The Morgan fingerprint density at radius 1 is 1.24 bits per heavy atom. The van der Waals surface area contributed by atoms with Crippen LogP contribution in [0, 0.1) is 6.92 Å². The number of pyridine rings is 1. The Hall–Kier alpha value is -2.15. The van der Waals surface area contributed by atoms with Crippen molar-refractivity contribution in [2.45, 2.75) is 18.4 Å². The first-order valence-corrected chi connectivity index (χ1v) is 7.61. The van der Waals surface area contributed by atoms with Crippen LogP contribution in [-0.4, -0.2) is 33.3 Å². The minimum atomic E-state index is -0.288. The standard InChI is InChI=1S/C14H17N5OS/c1-11-6-9-16-13(18-11)19-14(20)17-8-4-10-21-12-5-2-3-7-15-12/h2-3,5-7,9H,4,8,10H2,1H3,(H2,16,17,18,19,20). The van der Waals surface area contributed by atoms with Crippen molar-refractivity contribution in [1.29, 1.82) is 0 Å². The zero-order valence-corrected chi connectivity index (χ0v) is 12.6. The first-order valence-electron chi connectivity index (χ1n) is 6.62. The van der Waals surface area contributed by atoms with Gasteiger partial charge in [-0.05, 0) is 31.5 Å².